The van der Waals surface area contributed by atoms with Crippen molar-refractivity contribution < 1.29 is 9.53 Å². The minimum atomic E-state index is -0.514. The predicted molar refractivity (Wildman–Crippen MR) is 100.0 cm³/mol. The van der Waals surface area contributed by atoms with E-state index < -0.39 is 6.04 Å². The normalized spacial score (nSPS) is 18.1. The number of fused-ring (bicyclic) bond motifs is 1. The van der Waals surface area contributed by atoms with Gasteiger partial charge in [0.25, 0.3) is 0 Å². The molecule has 1 aromatic heterocycles. The van der Waals surface area contributed by atoms with Crippen molar-refractivity contribution in [2.45, 2.75) is 38.8 Å². The number of amides is 1. The average Bonchev–Trinajstić information content (AvgIpc) is 3.14. The number of carbonyl (C=O) groups excluding carboxylic acids is 1. The van der Waals surface area contributed by atoms with Gasteiger partial charge in [-0.2, -0.15) is 0 Å². The highest BCUT2D eigenvalue weighted by Gasteiger charge is 2.21. The molecule has 0 radical (unpaired) electrons. The van der Waals surface area contributed by atoms with Gasteiger partial charge in [-0.3, -0.25) is 4.79 Å². The number of halogens is 2. The lowest BCUT2D eigenvalue weighted by Gasteiger charge is -2.15. The first kappa shape index (κ1) is 20.7. The Labute approximate surface area is 153 Å². The van der Waals surface area contributed by atoms with E-state index in [9.17, 15) is 4.79 Å². The lowest BCUT2D eigenvalue weighted by Crippen LogP contribution is -2.39. The number of benzene rings is 1. The van der Waals surface area contributed by atoms with Crippen LogP contribution in [-0.2, 0) is 9.53 Å². The third-order valence-electron chi connectivity index (χ3n) is 4.02. The molecule has 134 valence electrons. The van der Waals surface area contributed by atoms with Gasteiger partial charge in [0.05, 0.1) is 17.1 Å². The summed E-state index contributed by atoms with van der Waals surface area (Å²) in [5, 5.41) is 2.85. The van der Waals surface area contributed by atoms with E-state index in [-0.39, 0.29) is 42.7 Å². The molecule has 1 aliphatic heterocycles. The third-order valence-corrected chi connectivity index (χ3v) is 4.02. The van der Waals surface area contributed by atoms with E-state index in [4.69, 9.17) is 10.5 Å². The van der Waals surface area contributed by atoms with Crippen LogP contribution in [0.15, 0.2) is 18.2 Å². The molecule has 0 aliphatic carbocycles. The predicted octanol–water partition coefficient (Wildman–Crippen LogP) is 3.18. The second-order valence-corrected chi connectivity index (χ2v) is 6.11. The Kier molecular flexibility index (Phi) is 7.48. The van der Waals surface area contributed by atoms with Crippen LogP contribution in [-0.4, -0.2) is 28.5 Å². The molecule has 2 atom stereocenters. The number of anilines is 1. The molecule has 0 saturated carbocycles. The summed E-state index contributed by atoms with van der Waals surface area (Å²) in [5.41, 5.74) is 8.34. The van der Waals surface area contributed by atoms with Crippen LogP contribution in [0.25, 0.3) is 11.0 Å². The quantitative estimate of drug-likeness (QED) is 0.765. The van der Waals surface area contributed by atoms with Crippen molar-refractivity contribution in [3.05, 3.63) is 24.0 Å². The molecular formula is C16H24Cl2N4O2. The van der Waals surface area contributed by atoms with Gasteiger partial charge in [-0.15, -0.1) is 24.8 Å². The van der Waals surface area contributed by atoms with E-state index in [0.29, 0.717) is 0 Å². The number of ether oxygens (including phenoxy) is 1. The molecule has 4 N–H and O–H groups in total. The number of aromatic amines is 1. The topological polar surface area (TPSA) is 93.0 Å². The maximum Gasteiger partial charge on any atom is 0.241 e. The van der Waals surface area contributed by atoms with E-state index in [2.05, 4.69) is 15.3 Å². The summed E-state index contributed by atoms with van der Waals surface area (Å²) < 4.78 is 5.64. The van der Waals surface area contributed by atoms with Crippen LogP contribution in [0.5, 0.6) is 0 Å². The Hall–Kier alpha value is -1.34. The molecule has 2 aromatic rings. The number of imidazole rings is 1. The summed E-state index contributed by atoms with van der Waals surface area (Å²) in [6.07, 6.45) is 2.11. The maximum absolute atomic E-state index is 12.0. The number of hydrogen-bond acceptors (Lipinski definition) is 4. The molecule has 1 aliphatic rings. The second kappa shape index (κ2) is 8.67. The molecule has 0 spiro atoms. The molecular weight excluding hydrogens is 351 g/mol. The molecule has 24 heavy (non-hydrogen) atoms. The van der Waals surface area contributed by atoms with Crippen molar-refractivity contribution in [1.82, 2.24) is 9.97 Å². The number of H-pyrrole nitrogens is 1. The number of rotatable bonds is 4. The van der Waals surface area contributed by atoms with Gasteiger partial charge in [0.15, 0.2) is 0 Å². The SMILES string of the molecule is CC(C)[C@H](N)C(=O)Nc1ccc2nc(C3CCCO3)[nH]c2c1.Cl.Cl. The first-order valence-electron chi connectivity index (χ1n) is 7.72. The van der Waals surface area contributed by atoms with E-state index in [0.717, 1.165) is 42.0 Å². The molecule has 6 nitrogen and oxygen atoms in total. The van der Waals surface area contributed by atoms with E-state index in [1.807, 2.05) is 32.0 Å². The molecule has 8 heteroatoms. The van der Waals surface area contributed by atoms with Crippen molar-refractivity contribution in [3.63, 3.8) is 0 Å². The van der Waals surface area contributed by atoms with Gasteiger partial charge in [0, 0.05) is 12.3 Å². The molecule has 0 bridgehead atoms. The number of nitrogens with one attached hydrogen (secondary N) is 2. The second-order valence-electron chi connectivity index (χ2n) is 6.11. The van der Waals surface area contributed by atoms with Gasteiger partial charge >= 0.3 is 0 Å². The van der Waals surface area contributed by atoms with Crippen LogP contribution in [0.2, 0.25) is 0 Å². The van der Waals surface area contributed by atoms with Crippen molar-refractivity contribution in [1.29, 1.82) is 0 Å². The number of nitrogens with zero attached hydrogens (tertiary/aromatic N) is 1. The summed E-state index contributed by atoms with van der Waals surface area (Å²) in [7, 11) is 0. The molecule has 1 saturated heterocycles. The van der Waals surface area contributed by atoms with Crippen LogP contribution in [0.1, 0.15) is 38.6 Å². The molecule has 1 amide bonds. The van der Waals surface area contributed by atoms with Gasteiger partial charge in [-0.25, -0.2) is 4.98 Å². The zero-order valence-corrected chi connectivity index (χ0v) is 15.4. The maximum atomic E-state index is 12.0. The fraction of sp³-hybridized carbons (Fsp3) is 0.500. The zero-order valence-electron chi connectivity index (χ0n) is 13.7. The molecule has 1 fully saturated rings. The molecule has 2 heterocycles. The van der Waals surface area contributed by atoms with E-state index in [1.165, 1.54) is 0 Å². The number of aromatic nitrogens is 2. The standard InChI is InChI=1S/C16H22N4O2.2ClH/c1-9(2)14(17)16(21)18-10-5-6-11-12(8-10)20-15(19-11)13-4-3-7-22-13;;/h5-6,8-9,13-14H,3-4,7,17H2,1-2H3,(H,18,21)(H,19,20);2*1H/t13?,14-;;/m0../s1. The van der Waals surface area contributed by atoms with Gasteiger partial charge in [0.2, 0.25) is 5.91 Å². The van der Waals surface area contributed by atoms with E-state index >= 15 is 0 Å². The minimum absolute atomic E-state index is 0. The Morgan fingerprint density at radius 2 is 2.17 bits per heavy atom. The Morgan fingerprint density at radius 3 is 2.79 bits per heavy atom. The summed E-state index contributed by atoms with van der Waals surface area (Å²) in [4.78, 5) is 19.9. The van der Waals surface area contributed by atoms with Gasteiger partial charge in [0.1, 0.15) is 11.9 Å². The lowest BCUT2D eigenvalue weighted by atomic mass is 10.0. The Bertz CT molecular complexity index is 684. The molecule has 1 aromatic carbocycles. The van der Waals surface area contributed by atoms with Crippen molar-refractivity contribution in [2.24, 2.45) is 11.7 Å². The fourth-order valence-corrected chi connectivity index (χ4v) is 2.58. The molecule has 1 unspecified atom stereocenters. The summed E-state index contributed by atoms with van der Waals surface area (Å²) in [6, 6.07) is 5.10. The highest BCUT2D eigenvalue weighted by atomic mass is 35.5. The van der Waals surface area contributed by atoms with Crippen LogP contribution >= 0.6 is 24.8 Å². The Balaban J connectivity index is 0.00000144. The fourth-order valence-electron chi connectivity index (χ4n) is 2.58. The van der Waals surface area contributed by atoms with E-state index in [1.54, 1.807) is 0 Å². The van der Waals surface area contributed by atoms with Gasteiger partial charge < -0.3 is 20.8 Å². The van der Waals surface area contributed by atoms with Crippen LogP contribution in [0.3, 0.4) is 0 Å². The van der Waals surface area contributed by atoms with Crippen molar-refractivity contribution in [2.75, 3.05) is 11.9 Å². The largest absolute Gasteiger partial charge is 0.370 e. The van der Waals surface area contributed by atoms with Crippen LogP contribution in [0, 0.1) is 5.92 Å². The van der Waals surface area contributed by atoms with Crippen LogP contribution < -0.4 is 11.1 Å². The Morgan fingerprint density at radius 1 is 1.42 bits per heavy atom. The number of carbonyl (C=O) groups is 1. The smallest absolute Gasteiger partial charge is 0.241 e. The highest BCUT2D eigenvalue weighted by Crippen LogP contribution is 2.28. The summed E-state index contributed by atoms with van der Waals surface area (Å²) in [6.45, 7) is 4.64. The lowest BCUT2D eigenvalue weighted by molar-refractivity contribution is -0.118. The zero-order chi connectivity index (χ0) is 15.7. The number of nitrogens with two attached hydrogens (primary N) is 1. The summed E-state index contributed by atoms with van der Waals surface area (Å²) >= 11 is 0. The first-order chi connectivity index (χ1) is 10.5. The number of hydrogen-bond donors (Lipinski definition) is 3. The minimum Gasteiger partial charge on any atom is -0.370 e. The molecule has 3 rings (SSSR count). The summed E-state index contributed by atoms with van der Waals surface area (Å²) in [5.74, 6) is 0.782. The van der Waals surface area contributed by atoms with Gasteiger partial charge in [-0.1, -0.05) is 13.8 Å². The van der Waals surface area contributed by atoms with Gasteiger partial charge in [-0.05, 0) is 37.0 Å². The average molecular weight is 375 g/mol. The highest BCUT2D eigenvalue weighted by molar-refractivity contribution is 5.96. The van der Waals surface area contributed by atoms with Crippen molar-refractivity contribution >= 4 is 47.4 Å². The van der Waals surface area contributed by atoms with Crippen molar-refractivity contribution in [3.8, 4) is 0 Å². The first-order valence-corrected chi connectivity index (χ1v) is 7.72. The third kappa shape index (κ3) is 4.39. The van der Waals surface area contributed by atoms with Crippen LogP contribution in [0.4, 0.5) is 5.69 Å². The monoisotopic (exact) mass is 374 g/mol.